The van der Waals surface area contributed by atoms with E-state index in [2.05, 4.69) is 37.2 Å². The molecule has 2 aliphatic rings. The van der Waals surface area contributed by atoms with Gasteiger partial charge in [-0.25, -0.2) is 9.97 Å². The number of likely N-dealkylation sites (tertiary alicyclic amines) is 1. The predicted octanol–water partition coefficient (Wildman–Crippen LogP) is 4.72. The fraction of sp³-hybridized carbons (Fsp3) is 0.414. The summed E-state index contributed by atoms with van der Waals surface area (Å²) in [6, 6.07) is 10.2. The maximum Gasteiger partial charge on any atom is 0.244 e. The lowest BCUT2D eigenvalue weighted by Crippen LogP contribution is -2.51. The number of anilines is 2. The van der Waals surface area contributed by atoms with Crippen molar-refractivity contribution in [2.75, 3.05) is 29.9 Å². The molecule has 1 fully saturated rings. The van der Waals surface area contributed by atoms with Crippen LogP contribution in [0.3, 0.4) is 0 Å². The van der Waals surface area contributed by atoms with E-state index in [4.69, 9.17) is 10.8 Å². The summed E-state index contributed by atoms with van der Waals surface area (Å²) in [6.45, 7) is 9.46. The second-order valence-electron chi connectivity index (χ2n) is 10.6. The summed E-state index contributed by atoms with van der Waals surface area (Å²) in [7, 11) is 0. The first-order chi connectivity index (χ1) is 17.8. The lowest BCUT2D eigenvalue weighted by molar-refractivity contribution is -0.125. The number of aryl methyl sites for hydroxylation is 1. The Labute approximate surface area is 218 Å². The van der Waals surface area contributed by atoms with Gasteiger partial charge in [0.25, 0.3) is 0 Å². The van der Waals surface area contributed by atoms with Gasteiger partial charge in [0, 0.05) is 42.5 Å². The Morgan fingerprint density at radius 3 is 2.65 bits per heavy atom. The summed E-state index contributed by atoms with van der Waals surface area (Å²) in [5, 5.41) is 19.8. The van der Waals surface area contributed by atoms with E-state index in [1.807, 2.05) is 39.0 Å². The highest BCUT2D eigenvalue weighted by molar-refractivity contribution is 6.08. The largest absolute Gasteiger partial charge is 0.351 e. The van der Waals surface area contributed by atoms with Crippen LogP contribution in [0.5, 0.6) is 0 Å². The summed E-state index contributed by atoms with van der Waals surface area (Å²) in [6.07, 6.45) is 6.35. The topological polar surface area (TPSA) is 109 Å². The van der Waals surface area contributed by atoms with Crippen LogP contribution in [-0.4, -0.2) is 57.9 Å². The second kappa shape index (κ2) is 10.0. The molecule has 5 rings (SSSR count). The van der Waals surface area contributed by atoms with Crippen LogP contribution in [0.2, 0.25) is 0 Å². The molecule has 37 heavy (non-hydrogen) atoms. The van der Waals surface area contributed by atoms with Crippen molar-refractivity contribution in [3.63, 3.8) is 0 Å². The van der Waals surface area contributed by atoms with Gasteiger partial charge in [-0.1, -0.05) is 6.07 Å². The molecule has 3 N–H and O–H groups in total. The van der Waals surface area contributed by atoms with Crippen LogP contribution < -0.4 is 10.2 Å². The van der Waals surface area contributed by atoms with Crippen molar-refractivity contribution in [1.29, 1.82) is 10.8 Å². The minimum Gasteiger partial charge on any atom is -0.351 e. The smallest absolute Gasteiger partial charge is 0.244 e. The van der Waals surface area contributed by atoms with Crippen LogP contribution in [0.1, 0.15) is 55.4 Å². The fourth-order valence-corrected chi connectivity index (χ4v) is 5.50. The first kappa shape index (κ1) is 25.0. The Hall–Kier alpha value is -3.65. The van der Waals surface area contributed by atoms with Crippen LogP contribution in [0.15, 0.2) is 36.7 Å². The molecule has 0 radical (unpaired) electrons. The van der Waals surface area contributed by atoms with Crippen LogP contribution in [-0.2, 0) is 17.8 Å². The van der Waals surface area contributed by atoms with E-state index in [1.165, 1.54) is 17.3 Å². The maximum absolute atomic E-state index is 13.2. The maximum atomic E-state index is 13.2. The number of aromatic nitrogens is 2. The van der Waals surface area contributed by atoms with Gasteiger partial charge in [0.1, 0.15) is 12.1 Å². The number of carbonyl (C=O) groups excluding carboxylic acids is 1. The summed E-state index contributed by atoms with van der Waals surface area (Å²) in [5.41, 5.74) is 5.84. The molecule has 0 atom stereocenters. The summed E-state index contributed by atoms with van der Waals surface area (Å²) in [4.78, 5) is 26.9. The standard InChI is InChI=1S/C29H35N7O/c1-19-14-21(25(31)8-10-30)16-24-26(19)32-18-33-27(24)35-13-9-20-6-7-23(15-22(20)17-35)34-28(37)29(2,3)36-11-4-5-12-36/h6-7,10,14-16,18,30-31H,4-5,8-9,11-13,17H2,1-3H3,(H,34,37). The average Bonchev–Trinajstić information content (AvgIpc) is 3.44. The molecule has 0 spiro atoms. The number of amides is 1. The zero-order valence-corrected chi connectivity index (χ0v) is 21.9. The van der Waals surface area contributed by atoms with Crippen molar-refractivity contribution in [2.45, 2.75) is 58.5 Å². The molecule has 8 nitrogen and oxygen atoms in total. The molecule has 2 aromatic carbocycles. The van der Waals surface area contributed by atoms with E-state index < -0.39 is 5.54 Å². The molecular weight excluding hydrogens is 462 g/mol. The highest BCUT2D eigenvalue weighted by Crippen LogP contribution is 2.32. The minimum absolute atomic E-state index is 0.0270. The lowest BCUT2D eigenvalue weighted by atomic mass is 9.97. The van der Waals surface area contributed by atoms with E-state index in [1.54, 1.807) is 6.33 Å². The zero-order valence-electron chi connectivity index (χ0n) is 21.9. The highest BCUT2D eigenvalue weighted by atomic mass is 16.2. The van der Waals surface area contributed by atoms with E-state index in [-0.39, 0.29) is 5.91 Å². The first-order valence-corrected chi connectivity index (χ1v) is 13.0. The monoisotopic (exact) mass is 497 g/mol. The Kier molecular flexibility index (Phi) is 6.77. The first-order valence-electron chi connectivity index (χ1n) is 13.0. The Bertz CT molecular complexity index is 1370. The van der Waals surface area contributed by atoms with Crippen LogP contribution >= 0.6 is 0 Å². The summed E-state index contributed by atoms with van der Waals surface area (Å²) in [5.74, 6) is 0.882. The third-order valence-corrected chi connectivity index (χ3v) is 7.79. The second-order valence-corrected chi connectivity index (χ2v) is 10.6. The van der Waals surface area contributed by atoms with Crippen LogP contribution in [0, 0.1) is 17.7 Å². The van der Waals surface area contributed by atoms with Gasteiger partial charge >= 0.3 is 0 Å². The molecule has 192 valence electrons. The normalized spacial score (nSPS) is 16.0. The van der Waals surface area contributed by atoms with Crippen molar-refractivity contribution < 1.29 is 4.79 Å². The van der Waals surface area contributed by atoms with Crippen molar-refractivity contribution in [3.8, 4) is 0 Å². The molecule has 1 amide bonds. The number of hydrogen-bond acceptors (Lipinski definition) is 7. The van der Waals surface area contributed by atoms with Gasteiger partial charge in [-0.2, -0.15) is 0 Å². The SMILES string of the molecule is Cc1cc(C(=N)CC=N)cc2c(N3CCc4ccc(NC(=O)C(C)(C)N5CCCC5)cc4C3)ncnc12. The van der Waals surface area contributed by atoms with Gasteiger partial charge in [0.2, 0.25) is 5.91 Å². The van der Waals surface area contributed by atoms with Gasteiger partial charge in [-0.05, 0) is 99.6 Å². The molecule has 8 heteroatoms. The molecule has 3 heterocycles. The molecule has 0 bridgehead atoms. The fourth-order valence-electron chi connectivity index (χ4n) is 5.50. The number of fused-ring (bicyclic) bond motifs is 2. The molecule has 1 saturated heterocycles. The predicted molar refractivity (Wildman–Crippen MR) is 149 cm³/mol. The zero-order chi connectivity index (χ0) is 26.2. The lowest BCUT2D eigenvalue weighted by Gasteiger charge is -2.34. The number of nitrogens with one attached hydrogen (secondary N) is 3. The molecular formula is C29H35N7O. The third-order valence-electron chi connectivity index (χ3n) is 7.79. The van der Waals surface area contributed by atoms with Gasteiger partial charge in [-0.15, -0.1) is 0 Å². The molecule has 3 aromatic rings. The van der Waals surface area contributed by atoms with E-state index >= 15 is 0 Å². The Morgan fingerprint density at radius 2 is 1.89 bits per heavy atom. The minimum atomic E-state index is -0.542. The molecule has 1 aromatic heterocycles. The summed E-state index contributed by atoms with van der Waals surface area (Å²) < 4.78 is 0. The molecule has 0 aliphatic carbocycles. The average molecular weight is 498 g/mol. The van der Waals surface area contributed by atoms with Crippen LogP contribution in [0.4, 0.5) is 11.5 Å². The van der Waals surface area contributed by atoms with Crippen LogP contribution in [0.25, 0.3) is 10.9 Å². The van der Waals surface area contributed by atoms with Gasteiger partial charge < -0.3 is 21.0 Å². The highest BCUT2D eigenvalue weighted by Gasteiger charge is 2.36. The van der Waals surface area contributed by atoms with Gasteiger partial charge in [0.05, 0.1) is 11.1 Å². The number of benzene rings is 2. The van der Waals surface area contributed by atoms with Crippen molar-refractivity contribution in [1.82, 2.24) is 14.9 Å². The summed E-state index contributed by atoms with van der Waals surface area (Å²) >= 11 is 0. The van der Waals surface area contributed by atoms with Crippen molar-refractivity contribution in [2.24, 2.45) is 0 Å². The van der Waals surface area contributed by atoms with E-state index in [9.17, 15) is 4.79 Å². The number of carbonyl (C=O) groups is 1. The van der Waals surface area contributed by atoms with Crippen molar-refractivity contribution >= 4 is 40.2 Å². The Morgan fingerprint density at radius 1 is 1.11 bits per heavy atom. The number of hydrogen-bond donors (Lipinski definition) is 3. The Balaban J connectivity index is 1.41. The molecule has 0 saturated carbocycles. The quantitative estimate of drug-likeness (QED) is 0.409. The third kappa shape index (κ3) is 4.85. The van der Waals surface area contributed by atoms with Gasteiger partial charge in [-0.3, -0.25) is 9.69 Å². The molecule has 0 unspecified atom stereocenters. The molecule has 2 aliphatic heterocycles. The van der Waals surface area contributed by atoms with Gasteiger partial charge in [0.15, 0.2) is 0 Å². The van der Waals surface area contributed by atoms with E-state index in [0.29, 0.717) is 18.7 Å². The number of rotatable bonds is 7. The number of nitrogens with zero attached hydrogens (tertiary/aromatic N) is 4. The van der Waals surface area contributed by atoms with Crippen molar-refractivity contribution in [3.05, 3.63) is 58.9 Å². The van der Waals surface area contributed by atoms with E-state index in [0.717, 1.165) is 72.4 Å².